The van der Waals surface area contributed by atoms with Crippen LogP contribution in [-0.2, 0) is 0 Å². The zero-order valence-electron chi connectivity index (χ0n) is 15.9. The van der Waals surface area contributed by atoms with E-state index in [0.29, 0.717) is 16.9 Å². The molecule has 140 valence electrons. The number of aryl methyl sites for hydroxylation is 1. The lowest BCUT2D eigenvalue weighted by Gasteiger charge is -2.16. The SMILES string of the molecule is C/C(=N/Nc1nc2ccccc2c(=O)n1-c1cccc(C)c1C)c1cccs1. The van der Waals surface area contributed by atoms with Crippen molar-refractivity contribution in [2.45, 2.75) is 20.8 Å². The molecule has 1 N–H and O–H groups in total. The summed E-state index contributed by atoms with van der Waals surface area (Å²) in [5.74, 6) is 0.397. The van der Waals surface area contributed by atoms with E-state index in [-0.39, 0.29) is 5.56 Å². The first kappa shape index (κ1) is 18.1. The molecule has 0 saturated carbocycles. The van der Waals surface area contributed by atoms with Crippen LogP contribution >= 0.6 is 11.3 Å². The minimum Gasteiger partial charge on any atom is -0.268 e. The summed E-state index contributed by atoms with van der Waals surface area (Å²) in [7, 11) is 0. The first-order valence-electron chi connectivity index (χ1n) is 8.99. The Morgan fingerprint density at radius 1 is 1.07 bits per heavy atom. The molecule has 0 atom stereocenters. The van der Waals surface area contributed by atoms with Gasteiger partial charge in [-0.2, -0.15) is 5.10 Å². The minimum absolute atomic E-state index is 0.120. The van der Waals surface area contributed by atoms with Crippen molar-refractivity contribution in [3.05, 3.63) is 86.3 Å². The second-order valence-electron chi connectivity index (χ2n) is 6.60. The van der Waals surface area contributed by atoms with Crippen molar-refractivity contribution >= 4 is 33.9 Å². The van der Waals surface area contributed by atoms with Crippen LogP contribution in [0.3, 0.4) is 0 Å². The summed E-state index contributed by atoms with van der Waals surface area (Å²) in [6, 6.07) is 17.3. The molecule has 2 aromatic carbocycles. The molecule has 0 radical (unpaired) electrons. The van der Waals surface area contributed by atoms with E-state index in [1.807, 2.05) is 74.7 Å². The maximum atomic E-state index is 13.3. The molecule has 2 heterocycles. The molecule has 0 aliphatic rings. The molecule has 4 rings (SSSR count). The van der Waals surface area contributed by atoms with E-state index in [1.54, 1.807) is 22.0 Å². The molecule has 6 heteroatoms. The summed E-state index contributed by atoms with van der Waals surface area (Å²) < 4.78 is 1.61. The van der Waals surface area contributed by atoms with Crippen LogP contribution in [0.5, 0.6) is 0 Å². The van der Waals surface area contributed by atoms with Crippen LogP contribution < -0.4 is 11.0 Å². The molecule has 0 spiro atoms. The number of rotatable bonds is 4. The number of aromatic nitrogens is 2. The molecule has 0 unspecified atom stereocenters. The van der Waals surface area contributed by atoms with E-state index in [1.165, 1.54) is 0 Å². The number of hydrogen-bond acceptors (Lipinski definition) is 5. The maximum Gasteiger partial charge on any atom is 0.267 e. The molecule has 0 saturated heterocycles. The van der Waals surface area contributed by atoms with Gasteiger partial charge < -0.3 is 0 Å². The van der Waals surface area contributed by atoms with Gasteiger partial charge in [-0.3, -0.25) is 4.79 Å². The zero-order valence-corrected chi connectivity index (χ0v) is 16.7. The predicted octanol–water partition coefficient (Wildman–Crippen LogP) is 4.90. The van der Waals surface area contributed by atoms with Crippen molar-refractivity contribution in [1.29, 1.82) is 0 Å². The lowest BCUT2D eigenvalue weighted by atomic mass is 10.1. The van der Waals surface area contributed by atoms with Crippen LogP contribution in [0.15, 0.2) is 69.9 Å². The van der Waals surface area contributed by atoms with Crippen molar-refractivity contribution < 1.29 is 0 Å². The Kier molecular flexibility index (Phi) is 4.79. The smallest absolute Gasteiger partial charge is 0.267 e. The largest absolute Gasteiger partial charge is 0.268 e. The number of nitrogens with one attached hydrogen (secondary N) is 1. The molecule has 0 bridgehead atoms. The second kappa shape index (κ2) is 7.40. The quantitative estimate of drug-likeness (QED) is 0.400. The number of nitrogens with zero attached hydrogens (tertiary/aromatic N) is 3. The van der Waals surface area contributed by atoms with Gasteiger partial charge in [-0.05, 0) is 61.5 Å². The van der Waals surface area contributed by atoms with Crippen molar-refractivity contribution in [1.82, 2.24) is 9.55 Å². The van der Waals surface area contributed by atoms with Crippen LogP contribution in [-0.4, -0.2) is 15.3 Å². The highest BCUT2D eigenvalue weighted by atomic mass is 32.1. The second-order valence-corrected chi connectivity index (χ2v) is 7.55. The van der Waals surface area contributed by atoms with Crippen LogP contribution in [0.4, 0.5) is 5.95 Å². The Hall–Kier alpha value is -3.25. The molecular formula is C22H20N4OS. The summed E-state index contributed by atoms with van der Waals surface area (Å²) in [4.78, 5) is 19.1. The first-order chi connectivity index (χ1) is 13.6. The minimum atomic E-state index is -0.120. The number of anilines is 1. The highest BCUT2D eigenvalue weighted by Gasteiger charge is 2.15. The van der Waals surface area contributed by atoms with Gasteiger partial charge in [-0.15, -0.1) is 11.3 Å². The molecule has 28 heavy (non-hydrogen) atoms. The highest BCUT2D eigenvalue weighted by molar-refractivity contribution is 7.12. The number of hydrogen-bond donors (Lipinski definition) is 1. The summed E-state index contributed by atoms with van der Waals surface area (Å²) in [5, 5.41) is 7.06. The van der Waals surface area contributed by atoms with E-state index in [0.717, 1.165) is 27.4 Å². The fourth-order valence-electron chi connectivity index (χ4n) is 3.08. The molecule has 2 aromatic heterocycles. The van der Waals surface area contributed by atoms with Crippen molar-refractivity contribution in [3.63, 3.8) is 0 Å². The third-order valence-corrected chi connectivity index (χ3v) is 5.77. The molecule has 5 nitrogen and oxygen atoms in total. The van der Waals surface area contributed by atoms with Gasteiger partial charge in [-0.25, -0.2) is 15.0 Å². The van der Waals surface area contributed by atoms with Gasteiger partial charge in [0.25, 0.3) is 5.56 Å². The van der Waals surface area contributed by atoms with Gasteiger partial charge in [0.05, 0.1) is 22.3 Å². The Morgan fingerprint density at radius 3 is 2.68 bits per heavy atom. The van der Waals surface area contributed by atoms with Crippen LogP contribution in [0, 0.1) is 13.8 Å². The first-order valence-corrected chi connectivity index (χ1v) is 9.87. The number of benzene rings is 2. The Bertz CT molecular complexity index is 1240. The van der Waals surface area contributed by atoms with Gasteiger partial charge in [0, 0.05) is 4.88 Å². The summed E-state index contributed by atoms with van der Waals surface area (Å²) in [6.07, 6.45) is 0. The fourth-order valence-corrected chi connectivity index (χ4v) is 3.76. The van der Waals surface area contributed by atoms with Crippen molar-refractivity contribution in [3.8, 4) is 5.69 Å². The van der Waals surface area contributed by atoms with Gasteiger partial charge in [0.1, 0.15) is 0 Å². The number of para-hydroxylation sites is 1. The van der Waals surface area contributed by atoms with E-state index >= 15 is 0 Å². The molecule has 4 aromatic rings. The molecular weight excluding hydrogens is 368 g/mol. The molecule has 0 amide bonds. The fraction of sp³-hybridized carbons (Fsp3) is 0.136. The summed E-state index contributed by atoms with van der Waals surface area (Å²) in [6.45, 7) is 5.97. The maximum absolute atomic E-state index is 13.3. The molecule has 0 fully saturated rings. The highest BCUT2D eigenvalue weighted by Crippen LogP contribution is 2.21. The van der Waals surface area contributed by atoms with E-state index in [4.69, 9.17) is 0 Å². The Labute approximate surface area is 167 Å². The summed E-state index contributed by atoms with van der Waals surface area (Å²) >= 11 is 1.62. The number of fused-ring (bicyclic) bond motifs is 1. The standard InChI is InChI=1S/C22H20N4OS/c1-14-8-6-11-19(15(14)2)26-21(27)17-9-4-5-10-18(17)23-22(26)25-24-16(3)20-12-7-13-28-20/h4-13H,1-3H3,(H,23,25)/b24-16-. The number of thiophene rings is 1. The lowest BCUT2D eigenvalue weighted by Crippen LogP contribution is -2.23. The average Bonchev–Trinajstić information content (AvgIpc) is 3.24. The third kappa shape index (κ3) is 3.23. The van der Waals surface area contributed by atoms with E-state index in [2.05, 4.69) is 15.5 Å². The van der Waals surface area contributed by atoms with Crippen LogP contribution in [0.1, 0.15) is 22.9 Å². The topological polar surface area (TPSA) is 59.3 Å². The zero-order chi connectivity index (χ0) is 19.7. The predicted molar refractivity (Wildman–Crippen MR) is 117 cm³/mol. The van der Waals surface area contributed by atoms with Gasteiger partial charge in [0.15, 0.2) is 0 Å². The lowest BCUT2D eigenvalue weighted by molar-refractivity contribution is 0.943. The van der Waals surface area contributed by atoms with Crippen molar-refractivity contribution in [2.24, 2.45) is 5.10 Å². The monoisotopic (exact) mass is 388 g/mol. The Morgan fingerprint density at radius 2 is 1.89 bits per heavy atom. The average molecular weight is 388 g/mol. The summed E-state index contributed by atoms with van der Waals surface area (Å²) in [5.41, 5.74) is 7.33. The molecule has 0 aliphatic heterocycles. The van der Waals surface area contributed by atoms with Gasteiger partial charge in [-0.1, -0.05) is 30.3 Å². The third-order valence-electron chi connectivity index (χ3n) is 4.79. The van der Waals surface area contributed by atoms with Crippen LogP contribution in [0.25, 0.3) is 16.6 Å². The van der Waals surface area contributed by atoms with Gasteiger partial charge in [0.2, 0.25) is 5.95 Å². The van der Waals surface area contributed by atoms with E-state index < -0.39 is 0 Å². The Balaban J connectivity index is 1.93. The normalized spacial score (nSPS) is 11.8. The van der Waals surface area contributed by atoms with Gasteiger partial charge >= 0.3 is 0 Å². The number of hydrazone groups is 1. The van der Waals surface area contributed by atoms with Crippen LogP contribution in [0.2, 0.25) is 0 Å². The van der Waals surface area contributed by atoms with Crippen molar-refractivity contribution in [2.75, 3.05) is 5.43 Å². The molecule has 0 aliphatic carbocycles. The van der Waals surface area contributed by atoms with E-state index in [9.17, 15) is 4.79 Å².